The molecule has 0 unspecified atom stereocenters. The molecule has 1 amide bonds. The molecule has 8 heteroatoms. The summed E-state index contributed by atoms with van der Waals surface area (Å²) in [6.45, 7) is 0. The van der Waals surface area contributed by atoms with E-state index in [2.05, 4.69) is 25.0 Å². The molecule has 7 nitrogen and oxygen atoms in total. The number of amides is 1. The highest BCUT2D eigenvalue weighted by molar-refractivity contribution is 7.09. The van der Waals surface area contributed by atoms with Crippen molar-refractivity contribution in [2.75, 3.05) is 5.32 Å². The molecule has 0 spiro atoms. The average Bonchev–Trinajstić information content (AvgIpc) is 3.10. The topological polar surface area (TPSA) is 85.6 Å². The van der Waals surface area contributed by atoms with Crippen molar-refractivity contribution in [2.45, 2.75) is 44.4 Å². The molecular weight excluding hydrogens is 288 g/mol. The van der Waals surface area contributed by atoms with Gasteiger partial charge >= 0.3 is 0 Å². The van der Waals surface area contributed by atoms with E-state index in [1.165, 1.54) is 30.8 Å². The van der Waals surface area contributed by atoms with Gasteiger partial charge in [-0.3, -0.25) is 9.48 Å². The summed E-state index contributed by atoms with van der Waals surface area (Å²) in [4.78, 5) is 16.4. The second-order valence-corrected chi connectivity index (χ2v) is 6.12. The lowest BCUT2D eigenvalue weighted by atomic mass is 9.89. The highest BCUT2D eigenvalue weighted by atomic mass is 32.1. The summed E-state index contributed by atoms with van der Waals surface area (Å²) < 4.78 is 5.98. The molecule has 1 saturated carbocycles. The van der Waals surface area contributed by atoms with Crippen molar-refractivity contribution < 1.29 is 4.79 Å². The van der Waals surface area contributed by atoms with E-state index in [0.29, 0.717) is 11.0 Å². The first-order valence-electron chi connectivity index (χ1n) is 7.19. The van der Waals surface area contributed by atoms with E-state index in [1.807, 2.05) is 0 Å². The first kappa shape index (κ1) is 14.1. The Balaban J connectivity index is 1.59. The Kier molecular flexibility index (Phi) is 4.23. The molecule has 21 heavy (non-hydrogen) atoms. The maximum absolute atomic E-state index is 12.0. The van der Waals surface area contributed by atoms with Crippen molar-refractivity contribution in [1.29, 1.82) is 0 Å². The zero-order valence-corrected chi connectivity index (χ0v) is 12.8. The second kappa shape index (κ2) is 6.30. The molecule has 0 atom stereocenters. The fourth-order valence-corrected chi connectivity index (χ4v) is 3.27. The molecule has 0 aromatic carbocycles. The number of nitrogens with zero attached hydrogens (tertiary/aromatic N) is 5. The van der Waals surface area contributed by atoms with Crippen LogP contribution in [0, 0.1) is 0 Å². The molecule has 112 valence electrons. The van der Waals surface area contributed by atoms with E-state index in [0.717, 1.165) is 24.4 Å². The number of carbonyl (C=O) groups excluding carboxylic acids is 1. The van der Waals surface area contributed by atoms with E-state index in [9.17, 15) is 4.79 Å². The van der Waals surface area contributed by atoms with Crippen molar-refractivity contribution in [3.63, 3.8) is 0 Å². The molecule has 1 aliphatic rings. The summed E-state index contributed by atoms with van der Waals surface area (Å²) in [6, 6.07) is 0. The van der Waals surface area contributed by atoms with Crippen LogP contribution in [0.5, 0.6) is 0 Å². The molecular formula is C13H18N6OS. The van der Waals surface area contributed by atoms with E-state index in [4.69, 9.17) is 0 Å². The Bertz CT molecular complexity index is 616. The summed E-state index contributed by atoms with van der Waals surface area (Å²) in [5.41, 5.74) is 0.768. The van der Waals surface area contributed by atoms with Crippen LogP contribution in [0.15, 0.2) is 6.20 Å². The predicted molar refractivity (Wildman–Crippen MR) is 79.1 cm³/mol. The van der Waals surface area contributed by atoms with Gasteiger partial charge in [-0.1, -0.05) is 24.5 Å². The van der Waals surface area contributed by atoms with Gasteiger partial charge in [0.25, 0.3) is 0 Å². The van der Waals surface area contributed by atoms with Crippen molar-refractivity contribution >= 4 is 22.6 Å². The molecule has 0 radical (unpaired) electrons. The summed E-state index contributed by atoms with van der Waals surface area (Å²) in [5.74, 6) is 1.23. The van der Waals surface area contributed by atoms with Crippen LogP contribution in [0.2, 0.25) is 0 Å². The Morgan fingerprint density at radius 3 is 2.95 bits per heavy atom. The van der Waals surface area contributed by atoms with Crippen LogP contribution >= 0.6 is 11.5 Å². The molecule has 0 bridgehead atoms. The number of rotatable bonds is 4. The third-order valence-electron chi connectivity index (χ3n) is 3.81. The van der Waals surface area contributed by atoms with Crippen molar-refractivity contribution in [1.82, 2.24) is 24.4 Å². The third kappa shape index (κ3) is 3.44. The molecule has 0 saturated heterocycles. The molecule has 2 heterocycles. The quantitative estimate of drug-likeness (QED) is 0.932. The first-order valence-corrected chi connectivity index (χ1v) is 7.97. The fourth-order valence-electron chi connectivity index (χ4n) is 2.61. The monoisotopic (exact) mass is 306 g/mol. The molecule has 2 aromatic rings. The van der Waals surface area contributed by atoms with Gasteiger partial charge in [-0.25, -0.2) is 4.98 Å². The lowest BCUT2D eigenvalue weighted by Gasteiger charge is -2.18. The standard InChI is InChI=1S/C13H18N6OS/c1-19-10(8-14-18-19)7-11(20)15-13-16-12(17-21-13)9-5-3-2-4-6-9/h8-9H,2-7H2,1H3,(H,15,16,17,20). The zero-order valence-electron chi connectivity index (χ0n) is 11.9. The number of aromatic nitrogens is 5. The highest BCUT2D eigenvalue weighted by Gasteiger charge is 2.20. The predicted octanol–water partition coefficient (Wildman–Crippen LogP) is 1.90. The van der Waals surface area contributed by atoms with E-state index in [-0.39, 0.29) is 12.3 Å². The van der Waals surface area contributed by atoms with Gasteiger partial charge in [0.15, 0.2) is 0 Å². The smallest absolute Gasteiger partial charge is 0.232 e. The van der Waals surface area contributed by atoms with E-state index < -0.39 is 0 Å². The van der Waals surface area contributed by atoms with Crippen molar-refractivity contribution in [3.05, 3.63) is 17.7 Å². The van der Waals surface area contributed by atoms with Gasteiger partial charge in [-0.15, -0.1) is 5.10 Å². The summed E-state index contributed by atoms with van der Waals surface area (Å²) in [7, 11) is 1.77. The van der Waals surface area contributed by atoms with Gasteiger partial charge in [0.2, 0.25) is 11.0 Å². The SMILES string of the molecule is Cn1nncc1CC(=O)Nc1nc(C2CCCCC2)ns1. The number of anilines is 1. The Morgan fingerprint density at radius 2 is 2.24 bits per heavy atom. The lowest BCUT2D eigenvalue weighted by molar-refractivity contribution is -0.115. The Labute approximate surface area is 126 Å². The van der Waals surface area contributed by atoms with Crippen molar-refractivity contribution in [2.24, 2.45) is 7.05 Å². The van der Waals surface area contributed by atoms with Crippen LogP contribution < -0.4 is 5.32 Å². The number of hydrogen-bond donors (Lipinski definition) is 1. The van der Waals surface area contributed by atoms with Crippen LogP contribution in [0.1, 0.15) is 49.5 Å². The van der Waals surface area contributed by atoms with Crippen LogP contribution in [-0.2, 0) is 18.3 Å². The van der Waals surface area contributed by atoms with Gasteiger partial charge in [-0.2, -0.15) is 4.37 Å². The Hall–Kier alpha value is -1.83. The maximum Gasteiger partial charge on any atom is 0.232 e. The number of hydrogen-bond acceptors (Lipinski definition) is 6. The van der Waals surface area contributed by atoms with Crippen LogP contribution in [-0.4, -0.2) is 30.3 Å². The Morgan fingerprint density at radius 1 is 1.43 bits per heavy atom. The van der Waals surface area contributed by atoms with Gasteiger partial charge in [0.1, 0.15) is 5.82 Å². The fraction of sp³-hybridized carbons (Fsp3) is 0.615. The summed E-state index contributed by atoms with van der Waals surface area (Å²) in [6.07, 6.45) is 7.95. The maximum atomic E-state index is 12.0. The lowest BCUT2D eigenvalue weighted by Crippen LogP contribution is -2.16. The minimum Gasteiger partial charge on any atom is -0.300 e. The van der Waals surface area contributed by atoms with E-state index >= 15 is 0 Å². The van der Waals surface area contributed by atoms with Crippen LogP contribution in [0.4, 0.5) is 5.13 Å². The molecule has 1 fully saturated rings. The van der Waals surface area contributed by atoms with Gasteiger partial charge in [0, 0.05) is 24.5 Å². The van der Waals surface area contributed by atoms with Crippen LogP contribution in [0.3, 0.4) is 0 Å². The molecule has 1 N–H and O–H groups in total. The molecule has 3 rings (SSSR count). The number of nitrogens with one attached hydrogen (secondary N) is 1. The van der Waals surface area contributed by atoms with Crippen LogP contribution in [0.25, 0.3) is 0 Å². The number of aryl methyl sites for hydroxylation is 1. The molecule has 1 aliphatic carbocycles. The minimum atomic E-state index is -0.119. The normalized spacial score (nSPS) is 16.0. The first-order chi connectivity index (χ1) is 10.2. The van der Waals surface area contributed by atoms with Crippen molar-refractivity contribution in [3.8, 4) is 0 Å². The number of carbonyl (C=O) groups is 1. The highest BCUT2D eigenvalue weighted by Crippen LogP contribution is 2.32. The zero-order chi connectivity index (χ0) is 14.7. The van der Waals surface area contributed by atoms with Gasteiger partial charge in [0.05, 0.1) is 18.3 Å². The summed E-state index contributed by atoms with van der Waals surface area (Å²) in [5, 5.41) is 10.9. The average molecular weight is 306 g/mol. The largest absolute Gasteiger partial charge is 0.300 e. The van der Waals surface area contributed by atoms with E-state index in [1.54, 1.807) is 17.9 Å². The van der Waals surface area contributed by atoms with Gasteiger partial charge < -0.3 is 5.32 Å². The molecule has 2 aromatic heterocycles. The van der Waals surface area contributed by atoms with Gasteiger partial charge in [-0.05, 0) is 12.8 Å². The minimum absolute atomic E-state index is 0.119. The summed E-state index contributed by atoms with van der Waals surface area (Å²) >= 11 is 1.26. The second-order valence-electron chi connectivity index (χ2n) is 5.37. The third-order valence-corrected chi connectivity index (χ3v) is 4.45. The molecule has 0 aliphatic heterocycles.